The fraction of sp³-hybridized carbons (Fsp3) is 0.200. The molecular formula is C15H14ClN3O2S3. The molecule has 1 aromatic carbocycles. The molecule has 0 spiro atoms. The van der Waals surface area contributed by atoms with E-state index in [9.17, 15) is 8.42 Å². The number of rotatable bonds is 4. The third kappa shape index (κ3) is 2.71. The lowest BCUT2D eigenvalue weighted by Gasteiger charge is -2.10. The molecule has 0 fully saturated rings. The zero-order valence-corrected chi connectivity index (χ0v) is 16.4. The number of thioether (sulfide) groups is 2. The number of hydrogen-bond acceptors (Lipinski definition) is 6. The molecule has 0 radical (unpaired) electrons. The van der Waals surface area contributed by atoms with Gasteiger partial charge in [-0.05, 0) is 31.6 Å². The molecule has 0 saturated carbocycles. The van der Waals surface area contributed by atoms with Crippen molar-refractivity contribution in [3.63, 3.8) is 0 Å². The zero-order valence-electron chi connectivity index (χ0n) is 13.1. The number of benzene rings is 1. The molecule has 126 valence electrons. The van der Waals surface area contributed by atoms with Gasteiger partial charge in [0.05, 0.1) is 15.5 Å². The maximum atomic E-state index is 13.0. The highest BCUT2D eigenvalue weighted by Crippen LogP contribution is 2.36. The van der Waals surface area contributed by atoms with Crippen LogP contribution < -0.4 is 0 Å². The Balaban J connectivity index is 2.35. The summed E-state index contributed by atoms with van der Waals surface area (Å²) in [5.41, 5.74) is 0.931. The van der Waals surface area contributed by atoms with Crippen LogP contribution in [0.5, 0.6) is 0 Å². The molecule has 3 aromatic rings. The molecule has 3 rings (SSSR count). The monoisotopic (exact) mass is 399 g/mol. The molecule has 0 aliphatic heterocycles. The van der Waals surface area contributed by atoms with Gasteiger partial charge in [0.1, 0.15) is 9.92 Å². The van der Waals surface area contributed by atoms with E-state index in [1.165, 1.54) is 28.0 Å². The van der Waals surface area contributed by atoms with Crippen molar-refractivity contribution < 1.29 is 8.42 Å². The fourth-order valence-corrected chi connectivity index (χ4v) is 5.92. The maximum absolute atomic E-state index is 13.0. The van der Waals surface area contributed by atoms with Gasteiger partial charge in [0.25, 0.3) is 0 Å². The molecule has 5 nitrogen and oxygen atoms in total. The summed E-state index contributed by atoms with van der Waals surface area (Å²) in [6, 6.07) is 8.19. The van der Waals surface area contributed by atoms with Crippen LogP contribution in [0.15, 0.2) is 50.0 Å². The molecule has 0 atom stereocenters. The molecule has 2 heterocycles. The Morgan fingerprint density at radius 3 is 2.38 bits per heavy atom. The van der Waals surface area contributed by atoms with Gasteiger partial charge in [-0.15, -0.1) is 23.5 Å². The third-order valence-electron chi connectivity index (χ3n) is 3.48. The second-order valence-electron chi connectivity index (χ2n) is 4.91. The summed E-state index contributed by atoms with van der Waals surface area (Å²) < 4.78 is 27.4. The number of fused-ring (bicyclic) bond motifs is 1. The summed E-state index contributed by atoms with van der Waals surface area (Å²) in [4.78, 5) is 5.53. The molecule has 0 unspecified atom stereocenters. The first-order valence-corrected chi connectivity index (χ1v) is 11.2. The van der Waals surface area contributed by atoms with E-state index in [1.807, 2.05) is 12.5 Å². The van der Waals surface area contributed by atoms with E-state index in [0.717, 1.165) is 9.92 Å². The molecule has 0 aliphatic carbocycles. The Kier molecular flexibility index (Phi) is 4.83. The summed E-state index contributed by atoms with van der Waals surface area (Å²) in [5, 5.41) is 5.23. The van der Waals surface area contributed by atoms with E-state index in [4.69, 9.17) is 11.6 Å². The smallest absolute Gasteiger partial charge is 0.211 e. The largest absolute Gasteiger partial charge is 0.231 e. The van der Waals surface area contributed by atoms with Crippen LogP contribution in [0.3, 0.4) is 0 Å². The average molecular weight is 400 g/mol. The summed E-state index contributed by atoms with van der Waals surface area (Å²) in [6.07, 6.45) is 3.83. The van der Waals surface area contributed by atoms with E-state index in [2.05, 4.69) is 10.1 Å². The highest BCUT2D eigenvalue weighted by Gasteiger charge is 2.28. The number of hydrogen-bond donors (Lipinski definition) is 0. The Morgan fingerprint density at radius 2 is 1.79 bits per heavy atom. The van der Waals surface area contributed by atoms with Crippen molar-refractivity contribution in [3.8, 4) is 0 Å². The topological polar surface area (TPSA) is 64.3 Å². The van der Waals surface area contributed by atoms with Gasteiger partial charge in [0.15, 0.2) is 10.8 Å². The average Bonchev–Trinajstić information content (AvgIpc) is 2.93. The van der Waals surface area contributed by atoms with E-state index < -0.39 is 9.84 Å². The van der Waals surface area contributed by atoms with Crippen molar-refractivity contribution in [2.45, 2.75) is 26.6 Å². The van der Waals surface area contributed by atoms with Gasteiger partial charge in [-0.3, -0.25) is 0 Å². The highest BCUT2D eigenvalue weighted by atomic mass is 35.5. The van der Waals surface area contributed by atoms with Crippen molar-refractivity contribution >= 4 is 50.6 Å². The fourth-order valence-electron chi connectivity index (χ4n) is 2.40. The van der Waals surface area contributed by atoms with Crippen LogP contribution in [0.25, 0.3) is 5.65 Å². The van der Waals surface area contributed by atoms with Gasteiger partial charge >= 0.3 is 0 Å². The van der Waals surface area contributed by atoms with Crippen molar-refractivity contribution in [2.75, 3.05) is 12.5 Å². The molecule has 0 aliphatic rings. The second kappa shape index (κ2) is 6.59. The molecular weight excluding hydrogens is 386 g/mol. The minimum atomic E-state index is -3.78. The van der Waals surface area contributed by atoms with Gasteiger partial charge in [0.2, 0.25) is 9.84 Å². The van der Waals surface area contributed by atoms with Crippen LogP contribution in [0.1, 0.15) is 5.69 Å². The van der Waals surface area contributed by atoms with Gasteiger partial charge in [-0.2, -0.15) is 5.10 Å². The van der Waals surface area contributed by atoms with Crippen molar-refractivity contribution in [2.24, 2.45) is 0 Å². The number of sulfone groups is 1. The molecule has 0 amide bonds. The predicted molar refractivity (Wildman–Crippen MR) is 98.2 cm³/mol. The minimum Gasteiger partial charge on any atom is -0.231 e. The quantitative estimate of drug-likeness (QED) is 0.488. The zero-order chi connectivity index (χ0) is 17.5. The molecule has 24 heavy (non-hydrogen) atoms. The number of halogens is 1. The highest BCUT2D eigenvalue weighted by molar-refractivity contribution is 8.01. The number of aromatic nitrogens is 3. The van der Waals surface area contributed by atoms with Crippen molar-refractivity contribution in [1.29, 1.82) is 0 Å². The first-order valence-electron chi connectivity index (χ1n) is 6.88. The first kappa shape index (κ1) is 17.6. The molecule has 0 bridgehead atoms. The number of nitrogens with zero attached hydrogens (tertiary/aromatic N) is 3. The Hall–Kier alpha value is -1.22. The second-order valence-corrected chi connectivity index (χ2v) is 8.77. The van der Waals surface area contributed by atoms with E-state index in [1.54, 1.807) is 37.3 Å². The van der Waals surface area contributed by atoms with Crippen molar-refractivity contribution in [3.05, 3.63) is 41.2 Å². The summed E-state index contributed by atoms with van der Waals surface area (Å²) in [7, 11) is -3.78. The van der Waals surface area contributed by atoms with E-state index in [0.29, 0.717) is 11.3 Å². The first-order chi connectivity index (χ1) is 11.4. The molecule has 9 heteroatoms. The van der Waals surface area contributed by atoms with Crippen LogP contribution in [0, 0.1) is 6.92 Å². The minimum absolute atomic E-state index is 0.00864. The lowest BCUT2D eigenvalue weighted by atomic mass is 10.4. The molecule has 2 aromatic heterocycles. The third-order valence-corrected chi connectivity index (χ3v) is 7.45. The maximum Gasteiger partial charge on any atom is 0.211 e. The van der Waals surface area contributed by atoms with E-state index in [-0.39, 0.29) is 14.9 Å². The summed E-state index contributed by atoms with van der Waals surface area (Å²) in [5.74, 6) is 0. The summed E-state index contributed by atoms with van der Waals surface area (Å²) in [6.45, 7) is 1.65. The molecule has 0 saturated heterocycles. The van der Waals surface area contributed by atoms with Crippen LogP contribution >= 0.6 is 35.1 Å². The van der Waals surface area contributed by atoms with Crippen molar-refractivity contribution in [1.82, 2.24) is 14.6 Å². The van der Waals surface area contributed by atoms with Crippen LogP contribution in [-0.2, 0) is 9.84 Å². The Labute approximate surface area is 153 Å². The van der Waals surface area contributed by atoms with E-state index >= 15 is 0 Å². The van der Waals surface area contributed by atoms with Crippen LogP contribution in [-0.4, -0.2) is 35.5 Å². The SMILES string of the molecule is CSc1nn2c(Cl)c(S(=O)(=O)c3ccccc3)c(C)nc2c1SC. The summed E-state index contributed by atoms with van der Waals surface area (Å²) >= 11 is 9.42. The molecule has 0 N–H and O–H groups in total. The standard InChI is InChI=1S/C15H14ClN3O2S3/c1-9-12(24(20,21)10-7-5-4-6-8-10)13(16)19-14(17-9)11(22-2)15(18-19)23-3/h4-8H,1-3H3. The Morgan fingerprint density at radius 1 is 1.12 bits per heavy atom. The van der Waals surface area contributed by atoms with Crippen LogP contribution in [0.4, 0.5) is 0 Å². The van der Waals surface area contributed by atoms with Gasteiger partial charge in [-0.1, -0.05) is 29.8 Å². The van der Waals surface area contributed by atoms with Crippen LogP contribution in [0.2, 0.25) is 5.15 Å². The normalized spacial score (nSPS) is 12.0. The lowest BCUT2D eigenvalue weighted by molar-refractivity contribution is 0.593. The lowest BCUT2D eigenvalue weighted by Crippen LogP contribution is -2.10. The Bertz CT molecular complexity index is 1020. The van der Waals surface area contributed by atoms with Gasteiger partial charge in [-0.25, -0.2) is 17.9 Å². The van der Waals surface area contributed by atoms with Gasteiger partial charge < -0.3 is 0 Å². The predicted octanol–water partition coefficient (Wildman–Crippen LogP) is 3.97. The van der Waals surface area contributed by atoms with Gasteiger partial charge in [0, 0.05) is 0 Å². The number of aryl methyl sites for hydroxylation is 1.